The quantitative estimate of drug-likeness (QED) is 0.194. The molecule has 8 heteroatoms. The Morgan fingerprint density at radius 2 is 1.81 bits per heavy atom. The molecule has 0 spiro atoms. The minimum atomic E-state index is -0.306. The number of guanidine groups is 1. The highest BCUT2D eigenvalue weighted by molar-refractivity contribution is 14.0. The molecule has 0 bridgehead atoms. The molecule has 154 valence electrons. The Kier molecular flexibility index (Phi) is 12.0. The van der Waals surface area contributed by atoms with Crippen molar-refractivity contribution in [2.45, 2.75) is 33.8 Å². The lowest BCUT2D eigenvalue weighted by Gasteiger charge is -2.28. The number of nitrogens with one attached hydrogen (secondary N) is 3. The summed E-state index contributed by atoms with van der Waals surface area (Å²) in [5.41, 5.74) is 0.266. The third-order valence-electron chi connectivity index (χ3n) is 3.86. The van der Waals surface area contributed by atoms with Crippen molar-refractivity contribution in [2.75, 3.05) is 33.3 Å². The molecule has 0 aliphatic carbocycles. The lowest BCUT2D eigenvalue weighted by molar-refractivity contribution is 0.0241. The largest absolute Gasteiger partial charge is 0.507 e. The average molecular weight is 492 g/mol. The van der Waals surface area contributed by atoms with Gasteiger partial charge in [-0.3, -0.25) is 9.79 Å². The van der Waals surface area contributed by atoms with Gasteiger partial charge in [0.15, 0.2) is 5.96 Å². The first-order valence-electron chi connectivity index (χ1n) is 8.90. The summed E-state index contributed by atoms with van der Waals surface area (Å²) >= 11 is 0. The van der Waals surface area contributed by atoms with Crippen molar-refractivity contribution in [3.8, 4) is 5.75 Å². The van der Waals surface area contributed by atoms with E-state index in [0.29, 0.717) is 25.6 Å². The maximum Gasteiger partial charge on any atom is 0.255 e. The monoisotopic (exact) mass is 492 g/mol. The molecule has 0 fully saturated rings. The van der Waals surface area contributed by atoms with Crippen molar-refractivity contribution in [2.24, 2.45) is 10.4 Å². The molecule has 0 heterocycles. The predicted molar refractivity (Wildman–Crippen MR) is 120 cm³/mol. The van der Waals surface area contributed by atoms with Gasteiger partial charge in [-0.1, -0.05) is 32.9 Å². The van der Waals surface area contributed by atoms with Crippen molar-refractivity contribution in [1.82, 2.24) is 16.0 Å². The zero-order chi connectivity index (χ0) is 19.6. The second kappa shape index (κ2) is 12.8. The van der Waals surface area contributed by atoms with Crippen molar-refractivity contribution >= 4 is 35.8 Å². The van der Waals surface area contributed by atoms with E-state index in [0.717, 1.165) is 6.54 Å². The van der Waals surface area contributed by atoms with Crippen molar-refractivity contribution in [3.63, 3.8) is 0 Å². The minimum Gasteiger partial charge on any atom is -0.507 e. The highest BCUT2D eigenvalue weighted by Gasteiger charge is 2.24. The highest BCUT2D eigenvalue weighted by Crippen LogP contribution is 2.21. The smallest absolute Gasteiger partial charge is 0.255 e. The number of nitrogens with zero attached hydrogens (tertiary/aromatic N) is 1. The zero-order valence-corrected chi connectivity index (χ0v) is 19.2. The molecule has 1 rings (SSSR count). The summed E-state index contributed by atoms with van der Waals surface area (Å²) in [6.45, 7) is 10.5. The zero-order valence-electron chi connectivity index (χ0n) is 16.8. The molecular formula is C19H33IN4O3. The number of para-hydroxylation sites is 1. The van der Waals surface area contributed by atoms with Gasteiger partial charge < -0.3 is 25.8 Å². The molecule has 1 amide bonds. The van der Waals surface area contributed by atoms with Crippen LogP contribution in [0.3, 0.4) is 0 Å². The maximum absolute atomic E-state index is 12.0. The summed E-state index contributed by atoms with van der Waals surface area (Å²) < 4.78 is 5.52. The van der Waals surface area contributed by atoms with Crippen molar-refractivity contribution in [1.29, 1.82) is 0 Å². The molecule has 4 N–H and O–H groups in total. The van der Waals surface area contributed by atoms with Gasteiger partial charge in [0.25, 0.3) is 5.91 Å². The normalized spacial score (nSPS) is 12.7. The molecule has 27 heavy (non-hydrogen) atoms. The first-order chi connectivity index (χ1) is 12.3. The molecule has 1 atom stereocenters. The summed E-state index contributed by atoms with van der Waals surface area (Å²) in [4.78, 5) is 16.6. The Labute approximate surface area is 179 Å². The van der Waals surface area contributed by atoms with Gasteiger partial charge in [0.2, 0.25) is 0 Å². The van der Waals surface area contributed by atoms with Gasteiger partial charge in [-0.15, -0.1) is 24.0 Å². The number of carbonyl (C=O) groups is 1. The molecule has 0 aromatic heterocycles. The number of halogens is 1. The second-order valence-electron chi connectivity index (χ2n) is 7.01. The van der Waals surface area contributed by atoms with Crippen molar-refractivity contribution < 1.29 is 14.6 Å². The third kappa shape index (κ3) is 9.28. The fraction of sp³-hybridized carbons (Fsp3) is 0.579. The third-order valence-corrected chi connectivity index (χ3v) is 3.86. The Bertz CT molecular complexity index is 603. The standard InChI is InChI=1S/C19H32N4O3.HI/c1-6-20-18(23-13-16(26-5)19(2,3)4)22-12-11-21-17(25)14-9-7-8-10-15(14)24;/h7-10,16,24H,6,11-13H2,1-5H3,(H,21,25)(H2,20,22,23);1H. The van der Waals surface area contributed by atoms with E-state index in [-0.39, 0.29) is 52.7 Å². The van der Waals surface area contributed by atoms with Crippen LogP contribution in [0.25, 0.3) is 0 Å². The molecule has 0 aliphatic rings. The van der Waals surface area contributed by atoms with Gasteiger partial charge in [-0.25, -0.2) is 0 Å². The van der Waals surface area contributed by atoms with Gasteiger partial charge in [0.1, 0.15) is 5.75 Å². The summed E-state index contributed by atoms with van der Waals surface area (Å²) in [6.07, 6.45) is 0.0127. The number of amides is 1. The Morgan fingerprint density at radius 3 is 2.37 bits per heavy atom. The van der Waals surface area contributed by atoms with E-state index in [1.165, 1.54) is 6.07 Å². The highest BCUT2D eigenvalue weighted by atomic mass is 127. The molecule has 0 saturated heterocycles. The molecule has 0 radical (unpaired) electrons. The predicted octanol–water partition coefficient (Wildman–Crippen LogP) is 2.36. The van der Waals surface area contributed by atoms with E-state index in [2.05, 4.69) is 41.7 Å². The number of carbonyl (C=O) groups excluding carboxylic acids is 1. The molecule has 1 aromatic rings. The van der Waals surface area contributed by atoms with Crippen LogP contribution in [0.5, 0.6) is 5.75 Å². The van der Waals surface area contributed by atoms with Crippen LogP contribution in [0.4, 0.5) is 0 Å². The number of phenols is 1. The van der Waals surface area contributed by atoms with Gasteiger partial charge in [-0.2, -0.15) is 0 Å². The van der Waals surface area contributed by atoms with Gasteiger partial charge >= 0.3 is 0 Å². The molecule has 0 aliphatic heterocycles. The van der Waals surface area contributed by atoms with E-state index < -0.39 is 0 Å². The Hall–Kier alpha value is -1.55. The first-order valence-corrected chi connectivity index (χ1v) is 8.90. The van der Waals surface area contributed by atoms with E-state index in [4.69, 9.17) is 4.74 Å². The molecular weight excluding hydrogens is 459 g/mol. The van der Waals surface area contributed by atoms with Crippen LogP contribution in [-0.2, 0) is 4.74 Å². The lowest BCUT2D eigenvalue weighted by atomic mass is 9.89. The number of rotatable bonds is 8. The van der Waals surface area contributed by atoms with Gasteiger partial charge in [0, 0.05) is 26.7 Å². The fourth-order valence-electron chi connectivity index (χ4n) is 2.34. The number of methoxy groups -OCH3 is 1. The number of phenolic OH excluding ortho intramolecular Hbond substituents is 1. The Morgan fingerprint density at radius 1 is 1.19 bits per heavy atom. The summed E-state index contributed by atoms with van der Waals surface area (Å²) in [5, 5.41) is 18.8. The molecule has 1 aromatic carbocycles. The van der Waals surface area contributed by atoms with Gasteiger partial charge in [-0.05, 0) is 24.5 Å². The molecule has 0 saturated carbocycles. The average Bonchev–Trinajstić information content (AvgIpc) is 2.58. The van der Waals surface area contributed by atoms with Crippen LogP contribution in [-0.4, -0.2) is 56.4 Å². The molecule has 7 nitrogen and oxygen atoms in total. The van der Waals surface area contributed by atoms with E-state index >= 15 is 0 Å². The SMILES string of the molecule is CCNC(=NCC(OC)C(C)(C)C)NCCNC(=O)c1ccccc1O.I. The van der Waals surface area contributed by atoms with Crippen LogP contribution >= 0.6 is 24.0 Å². The molecule has 1 unspecified atom stereocenters. The number of aromatic hydroxyl groups is 1. The van der Waals surface area contributed by atoms with Crippen LogP contribution in [0.2, 0.25) is 0 Å². The van der Waals surface area contributed by atoms with Gasteiger partial charge in [0.05, 0.1) is 18.2 Å². The maximum atomic E-state index is 12.0. The van der Waals surface area contributed by atoms with E-state index in [1.54, 1.807) is 25.3 Å². The first kappa shape index (κ1) is 25.4. The van der Waals surface area contributed by atoms with E-state index in [1.807, 2.05) is 6.92 Å². The second-order valence-corrected chi connectivity index (χ2v) is 7.01. The topological polar surface area (TPSA) is 95.0 Å². The fourth-order valence-corrected chi connectivity index (χ4v) is 2.34. The summed E-state index contributed by atoms with van der Waals surface area (Å²) in [6, 6.07) is 6.47. The summed E-state index contributed by atoms with van der Waals surface area (Å²) in [7, 11) is 1.69. The summed E-state index contributed by atoms with van der Waals surface area (Å²) in [5.74, 6) is 0.343. The minimum absolute atomic E-state index is 0. The van der Waals surface area contributed by atoms with E-state index in [9.17, 15) is 9.90 Å². The number of ether oxygens (including phenoxy) is 1. The lowest BCUT2D eigenvalue weighted by Crippen LogP contribution is -2.42. The van der Waals surface area contributed by atoms with Crippen molar-refractivity contribution in [3.05, 3.63) is 29.8 Å². The van der Waals surface area contributed by atoms with Crippen LogP contribution in [0, 0.1) is 5.41 Å². The van der Waals surface area contributed by atoms with Crippen LogP contribution in [0.15, 0.2) is 29.3 Å². The Balaban J connectivity index is 0.00000676. The number of hydrogen-bond acceptors (Lipinski definition) is 4. The number of hydrogen-bond donors (Lipinski definition) is 4. The number of benzene rings is 1. The number of aliphatic imine (C=N–C) groups is 1. The van der Waals surface area contributed by atoms with Crippen LogP contribution in [0.1, 0.15) is 38.1 Å². The van der Waals surface area contributed by atoms with Crippen LogP contribution < -0.4 is 16.0 Å².